The average molecular weight is 291 g/mol. The average Bonchev–Trinajstić information content (AvgIpc) is 2.49. The number of guanidine groups is 1. The summed E-state index contributed by atoms with van der Waals surface area (Å²) in [6.07, 6.45) is 3.30. The van der Waals surface area contributed by atoms with E-state index in [1.165, 1.54) is 24.0 Å². The van der Waals surface area contributed by atoms with Gasteiger partial charge in [-0.3, -0.25) is 4.99 Å². The van der Waals surface area contributed by atoms with Crippen LogP contribution in [0.3, 0.4) is 0 Å². The number of methoxy groups -OCH3 is 1. The van der Waals surface area contributed by atoms with E-state index in [1.54, 1.807) is 7.11 Å². The Morgan fingerprint density at radius 3 is 2.76 bits per heavy atom. The van der Waals surface area contributed by atoms with Gasteiger partial charge in [-0.25, -0.2) is 0 Å². The maximum absolute atomic E-state index is 5.42. The molecule has 0 saturated heterocycles. The molecule has 1 aromatic carbocycles. The van der Waals surface area contributed by atoms with Crippen LogP contribution in [0.15, 0.2) is 23.2 Å². The second-order valence-corrected chi connectivity index (χ2v) is 5.31. The van der Waals surface area contributed by atoms with Crippen LogP contribution in [-0.4, -0.2) is 45.2 Å². The number of hydrogen-bond donors (Lipinski definition) is 1. The fourth-order valence-electron chi connectivity index (χ4n) is 2.30. The van der Waals surface area contributed by atoms with Crippen LogP contribution in [0, 0.1) is 6.92 Å². The van der Waals surface area contributed by atoms with Gasteiger partial charge < -0.3 is 15.0 Å². The molecule has 4 nitrogen and oxygen atoms in total. The fraction of sp³-hybridized carbons (Fsp3) is 0.588. The van der Waals surface area contributed by atoms with Crippen LogP contribution in [0.25, 0.3) is 0 Å². The third-order valence-electron chi connectivity index (χ3n) is 3.53. The Morgan fingerprint density at radius 2 is 2.14 bits per heavy atom. The number of aliphatic imine (C=N–C) groups is 1. The number of ether oxygens (including phenoxy) is 1. The van der Waals surface area contributed by atoms with Gasteiger partial charge in [0.25, 0.3) is 0 Å². The van der Waals surface area contributed by atoms with E-state index in [9.17, 15) is 0 Å². The Kier molecular flexibility index (Phi) is 7.65. The summed E-state index contributed by atoms with van der Waals surface area (Å²) in [6.45, 7) is 6.19. The molecule has 1 aromatic rings. The Hall–Kier alpha value is -1.71. The van der Waals surface area contributed by atoms with Crippen LogP contribution in [0.4, 0.5) is 0 Å². The highest BCUT2D eigenvalue weighted by Gasteiger charge is 2.06. The number of nitrogens with zero attached hydrogens (tertiary/aromatic N) is 2. The minimum atomic E-state index is 0.850. The molecule has 0 heterocycles. The van der Waals surface area contributed by atoms with Gasteiger partial charge in [-0.15, -0.1) is 0 Å². The minimum absolute atomic E-state index is 0.850. The summed E-state index contributed by atoms with van der Waals surface area (Å²) in [5, 5.41) is 3.42. The first-order valence-electron chi connectivity index (χ1n) is 7.67. The summed E-state index contributed by atoms with van der Waals surface area (Å²) in [4.78, 5) is 6.51. The third kappa shape index (κ3) is 5.66. The first-order chi connectivity index (χ1) is 10.1. The van der Waals surface area contributed by atoms with Gasteiger partial charge in [-0.2, -0.15) is 0 Å². The van der Waals surface area contributed by atoms with Crippen LogP contribution < -0.4 is 10.1 Å². The number of unbranched alkanes of at least 4 members (excludes halogenated alkanes) is 1. The summed E-state index contributed by atoms with van der Waals surface area (Å²) in [6, 6.07) is 6.30. The molecule has 0 radical (unpaired) electrons. The number of rotatable bonds is 7. The Labute approximate surface area is 129 Å². The number of hydrogen-bond acceptors (Lipinski definition) is 2. The monoisotopic (exact) mass is 291 g/mol. The van der Waals surface area contributed by atoms with Crippen molar-refractivity contribution in [3.8, 4) is 5.75 Å². The summed E-state index contributed by atoms with van der Waals surface area (Å²) in [5.41, 5.74) is 2.49. The van der Waals surface area contributed by atoms with E-state index >= 15 is 0 Å². The second-order valence-electron chi connectivity index (χ2n) is 5.31. The smallest absolute Gasteiger partial charge is 0.193 e. The molecule has 0 unspecified atom stereocenters. The highest BCUT2D eigenvalue weighted by atomic mass is 16.5. The molecule has 0 spiro atoms. The van der Waals surface area contributed by atoms with E-state index in [1.807, 2.05) is 13.1 Å². The molecule has 4 heteroatoms. The fourth-order valence-corrected chi connectivity index (χ4v) is 2.30. The van der Waals surface area contributed by atoms with Crippen LogP contribution >= 0.6 is 0 Å². The maximum atomic E-state index is 5.42. The van der Waals surface area contributed by atoms with E-state index in [-0.39, 0.29) is 0 Å². The van der Waals surface area contributed by atoms with Crippen molar-refractivity contribution in [1.29, 1.82) is 0 Å². The Bertz CT molecular complexity index is 457. The predicted molar refractivity (Wildman–Crippen MR) is 90.3 cm³/mol. The van der Waals surface area contributed by atoms with Crippen LogP contribution in [0.5, 0.6) is 5.75 Å². The SMILES string of the molecule is CCCCN(C)C(=NC)NCCc1cc(C)ccc1OC. The van der Waals surface area contributed by atoms with Crippen LogP contribution in [0.2, 0.25) is 0 Å². The van der Waals surface area contributed by atoms with E-state index in [4.69, 9.17) is 4.74 Å². The standard InChI is InChI=1S/C17H29N3O/c1-6-7-12-20(4)17(18-3)19-11-10-15-13-14(2)8-9-16(15)21-5/h8-9,13H,6-7,10-12H2,1-5H3,(H,18,19). The van der Waals surface area contributed by atoms with E-state index in [2.05, 4.69) is 48.2 Å². The van der Waals surface area contributed by atoms with Gasteiger partial charge in [0.2, 0.25) is 0 Å². The molecule has 0 saturated carbocycles. The first kappa shape index (κ1) is 17.3. The molecule has 0 bridgehead atoms. The zero-order chi connectivity index (χ0) is 15.7. The molecular weight excluding hydrogens is 262 g/mol. The Morgan fingerprint density at radius 1 is 1.38 bits per heavy atom. The van der Waals surface area contributed by atoms with Crippen molar-refractivity contribution >= 4 is 5.96 Å². The normalized spacial score (nSPS) is 11.4. The molecule has 0 fully saturated rings. The highest BCUT2D eigenvalue weighted by Crippen LogP contribution is 2.19. The van der Waals surface area contributed by atoms with Gasteiger partial charge in [0.15, 0.2) is 5.96 Å². The lowest BCUT2D eigenvalue weighted by Crippen LogP contribution is -2.40. The first-order valence-corrected chi connectivity index (χ1v) is 7.67. The van der Waals surface area contributed by atoms with Crippen molar-refractivity contribution in [3.63, 3.8) is 0 Å². The van der Waals surface area contributed by atoms with Gasteiger partial charge in [0.05, 0.1) is 7.11 Å². The molecular formula is C17H29N3O. The van der Waals surface area contributed by atoms with Crippen molar-refractivity contribution in [3.05, 3.63) is 29.3 Å². The van der Waals surface area contributed by atoms with Crippen molar-refractivity contribution in [1.82, 2.24) is 10.2 Å². The van der Waals surface area contributed by atoms with E-state index in [0.29, 0.717) is 0 Å². The molecule has 0 aliphatic heterocycles. The molecule has 1 N–H and O–H groups in total. The van der Waals surface area contributed by atoms with Gasteiger partial charge >= 0.3 is 0 Å². The molecule has 0 amide bonds. The quantitative estimate of drug-likeness (QED) is 0.620. The molecule has 118 valence electrons. The van der Waals surface area contributed by atoms with Gasteiger partial charge in [-0.1, -0.05) is 31.0 Å². The molecule has 1 rings (SSSR count). The second kappa shape index (κ2) is 9.27. The summed E-state index contributed by atoms with van der Waals surface area (Å²) >= 11 is 0. The van der Waals surface area contributed by atoms with Gasteiger partial charge in [0.1, 0.15) is 5.75 Å². The zero-order valence-corrected chi connectivity index (χ0v) is 14.1. The topological polar surface area (TPSA) is 36.9 Å². The van der Waals surface area contributed by atoms with Gasteiger partial charge in [0, 0.05) is 27.2 Å². The van der Waals surface area contributed by atoms with E-state index in [0.717, 1.165) is 31.2 Å². The lowest BCUT2D eigenvalue weighted by atomic mass is 10.1. The maximum Gasteiger partial charge on any atom is 0.193 e. The molecule has 0 aromatic heterocycles. The van der Waals surface area contributed by atoms with Crippen LogP contribution in [-0.2, 0) is 6.42 Å². The van der Waals surface area contributed by atoms with Gasteiger partial charge in [-0.05, 0) is 31.4 Å². The van der Waals surface area contributed by atoms with E-state index < -0.39 is 0 Å². The van der Waals surface area contributed by atoms with Crippen molar-refractivity contribution in [2.24, 2.45) is 4.99 Å². The summed E-state index contributed by atoms with van der Waals surface area (Å²) in [7, 11) is 5.63. The predicted octanol–water partition coefficient (Wildman–Crippen LogP) is 2.85. The number of benzene rings is 1. The molecule has 21 heavy (non-hydrogen) atoms. The molecule has 0 atom stereocenters. The highest BCUT2D eigenvalue weighted by molar-refractivity contribution is 5.79. The van der Waals surface area contributed by atoms with Crippen molar-refractivity contribution in [2.45, 2.75) is 33.1 Å². The summed E-state index contributed by atoms with van der Waals surface area (Å²) < 4.78 is 5.42. The Balaban J connectivity index is 2.53. The zero-order valence-electron chi connectivity index (χ0n) is 14.1. The lowest BCUT2D eigenvalue weighted by molar-refractivity contribution is 0.409. The lowest BCUT2D eigenvalue weighted by Gasteiger charge is -2.22. The minimum Gasteiger partial charge on any atom is -0.496 e. The number of aryl methyl sites for hydroxylation is 1. The summed E-state index contributed by atoms with van der Waals surface area (Å²) in [5.74, 6) is 1.91. The van der Waals surface area contributed by atoms with Crippen LogP contribution in [0.1, 0.15) is 30.9 Å². The number of nitrogens with one attached hydrogen (secondary N) is 1. The van der Waals surface area contributed by atoms with Crippen molar-refractivity contribution in [2.75, 3.05) is 34.3 Å². The molecule has 0 aliphatic carbocycles. The largest absolute Gasteiger partial charge is 0.496 e. The third-order valence-corrected chi connectivity index (χ3v) is 3.53. The molecule has 0 aliphatic rings. The van der Waals surface area contributed by atoms with Crippen molar-refractivity contribution < 1.29 is 4.74 Å².